The van der Waals surface area contributed by atoms with E-state index in [-0.39, 0.29) is 23.5 Å². The van der Waals surface area contributed by atoms with Crippen LogP contribution in [0.5, 0.6) is 11.5 Å². The summed E-state index contributed by atoms with van der Waals surface area (Å²) in [6, 6.07) is 20.5. The van der Waals surface area contributed by atoms with Crippen molar-refractivity contribution in [3.63, 3.8) is 0 Å². The molecule has 1 saturated carbocycles. The molecule has 0 amide bonds. The number of halogens is 1. The van der Waals surface area contributed by atoms with Crippen LogP contribution < -0.4 is 14.2 Å². The van der Waals surface area contributed by atoms with E-state index in [1.54, 1.807) is 19.2 Å². The monoisotopic (exact) mass is 524 g/mol. The van der Waals surface area contributed by atoms with Crippen molar-refractivity contribution >= 4 is 27.3 Å². The third-order valence-electron chi connectivity index (χ3n) is 7.08. The summed E-state index contributed by atoms with van der Waals surface area (Å²) in [5, 5.41) is 0.734. The van der Waals surface area contributed by atoms with Crippen LogP contribution in [0.2, 0.25) is 5.02 Å². The number of ether oxygens (including phenoxy) is 2. The molecule has 3 aromatic rings. The van der Waals surface area contributed by atoms with E-state index in [4.69, 9.17) is 26.1 Å². The third kappa shape index (κ3) is 4.88. The molecule has 0 aromatic heterocycles. The van der Waals surface area contributed by atoms with Gasteiger partial charge in [0.15, 0.2) is 0 Å². The first-order chi connectivity index (χ1) is 17.4. The van der Waals surface area contributed by atoms with Gasteiger partial charge in [-0.1, -0.05) is 36.2 Å². The number of rotatable bonds is 9. The van der Waals surface area contributed by atoms with Crippen molar-refractivity contribution in [1.82, 2.24) is 4.72 Å². The lowest BCUT2D eigenvalue weighted by atomic mass is 9.59. The van der Waals surface area contributed by atoms with E-state index in [1.807, 2.05) is 18.2 Å². The molecule has 1 N–H and O–H groups in total. The Kier molecular flexibility index (Phi) is 7.06. The van der Waals surface area contributed by atoms with Crippen molar-refractivity contribution in [2.45, 2.75) is 36.0 Å². The van der Waals surface area contributed by atoms with E-state index < -0.39 is 10.0 Å². The first-order valence-corrected chi connectivity index (χ1v) is 14.0. The van der Waals surface area contributed by atoms with E-state index in [0.29, 0.717) is 11.5 Å². The number of hydrogen-bond acceptors (Lipinski definition) is 5. The second kappa shape index (κ2) is 10.2. The summed E-state index contributed by atoms with van der Waals surface area (Å²) in [4.78, 5) is 5.19. The zero-order valence-electron chi connectivity index (χ0n) is 20.2. The molecule has 1 heterocycles. The van der Waals surface area contributed by atoms with E-state index >= 15 is 0 Å². The van der Waals surface area contributed by atoms with E-state index in [9.17, 15) is 8.42 Å². The van der Waals surface area contributed by atoms with Gasteiger partial charge in [-0.3, -0.25) is 4.99 Å². The normalized spacial score (nSPS) is 16.4. The lowest BCUT2D eigenvalue weighted by Crippen LogP contribution is -2.44. The van der Waals surface area contributed by atoms with Gasteiger partial charge in [-0.2, -0.15) is 0 Å². The number of aliphatic imine (C=N–C) groups is 1. The Balaban J connectivity index is 1.28. The summed E-state index contributed by atoms with van der Waals surface area (Å²) in [5.41, 5.74) is 4.69. The predicted octanol–water partition coefficient (Wildman–Crippen LogP) is 5.17. The fourth-order valence-corrected chi connectivity index (χ4v) is 6.15. The van der Waals surface area contributed by atoms with Crippen LogP contribution in [0.25, 0.3) is 0 Å². The van der Waals surface area contributed by atoms with Crippen molar-refractivity contribution in [2.75, 3.05) is 26.8 Å². The highest BCUT2D eigenvalue weighted by molar-refractivity contribution is 7.89. The zero-order chi connectivity index (χ0) is 25.2. The lowest BCUT2D eigenvalue weighted by Gasteiger charge is -2.45. The van der Waals surface area contributed by atoms with Crippen molar-refractivity contribution in [3.8, 4) is 11.5 Å². The van der Waals surface area contributed by atoms with Crippen molar-refractivity contribution < 1.29 is 17.9 Å². The van der Waals surface area contributed by atoms with Gasteiger partial charge < -0.3 is 9.47 Å². The molecule has 6 nitrogen and oxygen atoms in total. The summed E-state index contributed by atoms with van der Waals surface area (Å²) < 4.78 is 38.7. The average Bonchev–Trinajstić information content (AvgIpc) is 2.87. The molecule has 5 rings (SSSR count). The highest BCUT2D eigenvalue weighted by Gasteiger charge is 2.45. The van der Waals surface area contributed by atoms with Gasteiger partial charge in [0, 0.05) is 29.1 Å². The SMILES string of the molecule is COc1ccc(S(=O)(=O)NCCOc2ccc3c(c2)C(C2(c4ccc(Cl)cc4)CCC2)=NCC3)cc1. The largest absolute Gasteiger partial charge is 0.497 e. The Bertz CT molecular complexity index is 1370. The van der Waals surface area contributed by atoms with E-state index in [0.717, 1.165) is 42.1 Å². The third-order valence-corrected chi connectivity index (χ3v) is 8.81. The number of nitrogens with zero attached hydrogens (tertiary/aromatic N) is 1. The molecule has 3 aromatic carbocycles. The van der Waals surface area contributed by atoms with Gasteiger partial charge in [-0.25, -0.2) is 13.1 Å². The quantitative estimate of drug-likeness (QED) is 0.392. The number of methoxy groups -OCH3 is 1. The van der Waals surface area contributed by atoms with Crippen LogP contribution in [0, 0.1) is 0 Å². The first-order valence-electron chi connectivity index (χ1n) is 12.1. The highest BCUT2D eigenvalue weighted by atomic mass is 35.5. The van der Waals surface area contributed by atoms with Crippen LogP contribution in [0.4, 0.5) is 0 Å². The number of fused-ring (bicyclic) bond motifs is 1. The number of benzene rings is 3. The topological polar surface area (TPSA) is 77.0 Å². The second-order valence-electron chi connectivity index (χ2n) is 9.16. The molecular weight excluding hydrogens is 496 g/mol. The van der Waals surface area contributed by atoms with Crippen LogP contribution in [-0.4, -0.2) is 40.9 Å². The summed E-state index contributed by atoms with van der Waals surface area (Å²) in [7, 11) is -2.09. The molecule has 1 fully saturated rings. The maximum atomic E-state index is 12.6. The molecule has 1 aliphatic heterocycles. The molecule has 0 atom stereocenters. The van der Waals surface area contributed by atoms with Crippen LogP contribution in [0.15, 0.2) is 76.6 Å². The Labute approximate surface area is 217 Å². The van der Waals surface area contributed by atoms with Crippen molar-refractivity contribution in [1.29, 1.82) is 0 Å². The average molecular weight is 525 g/mol. The van der Waals surface area contributed by atoms with Crippen molar-refractivity contribution in [3.05, 3.63) is 88.4 Å². The Morgan fingerprint density at radius 1 is 1.00 bits per heavy atom. The van der Waals surface area contributed by atoms with Gasteiger partial charge in [0.2, 0.25) is 10.0 Å². The summed E-state index contributed by atoms with van der Waals surface area (Å²) >= 11 is 6.15. The molecule has 0 radical (unpaired) electrons. The maximum absolute atomic E-state index is 12.6. The van der Waals surface area contributed by atoms with E-state index in [2.05, 4.69) is 29.0 Å². The molecule has 8 heteroatoms. The van der Waals surface area contributed by atoms with Crippen LogP contribution >= 0.6 is 11.6 Å². The van der Waals surface area contributed by atoms with Crippen LogP contribution in [0.1, 0.15) is 36.0 Å². The van der Waals surface area contributed by atoms with Crippen LogP contribution in [0.3, 0.4) is 0 Å². The molecule has 36 heavy (non-hydrogen) atoms. The minimum atomic E-state index is -3.63. The molecular formula is C28H29ClN2O4S. The van der Waals surface area contributed by atoms with Gasteiger partial charge >= 0.3 is 0 Å². The smallest absolute Gasteiger partial charge is 0.240 e. The highest BCUT2D eigenvalue weighted by Crippen LogP contribution is 2.48. The van der Waals surface area contributed by atoms with E-state index in [1.165, 1.54) is 29.7 Å². The molecule has 0 bridgehead atoms. The molecule has 0 saturated heterocycles. The first kappa shape index (κ1) is 24.8. The van der Waals surface area contributed by atoms with Gasteiger partial charge in [0.05, 0.1) is 17.7 Å². The zero-order valence-corrected chi connectivity index (χ0v) is 21.7. The standard InChI is InChI=1S/C28H29ClN2O4S/c1-34-23-9-11-25(12-10-23)36(32,33)31-17-18-35-24-8-3-20-13-16-30-27(26(20)19-24)28(14-2-15-28)21-4-6-22(29)7-5-21/h3-12,19,31H,2,13-18H2,1H3. The van der Waals surface area contributed by atoms with Gasteiger partial charge in [0.1, 0.15) is 18.1 Å². The molecule has 0 spiro atoms. The molecule has 188 valence electrons. The summed E-state index contributed by atoms with van der Waals surface area (Å²) in [6.45, 7) is 1.15. The fourth-order valence-electron chi connectivity index (χ4n) is 5.01. The fraction of sp³-hybridized carbons (Fsp3) is 0.321. The van der Waals surface area contributed by atoms with Gasteiger partial charge in [-0.15, -0.1) is 0 Å². The molecule has 1 aliphatic carbocycles. The summed E-state index contributed by atoms with van der Waals surface area (Å²) in [5.74, 6) is 1.31. The molecule has 2 aliphatic rings. The second-order valence-corrected chi connectivity index (χ2v) is 11.4. The Morgan fingerprint density at radius 2 is 1.72 bits per heavy atom. The lowest BCUT2D eigenvalue weighted by molar-refractivity contribution is 0.322. The Hall–Kier alpha value is -2.87. The number of nitrogens with one attached hydrogen (secondary N) is 1. The minimum Gasteiger partial charge on any atom is -0.497 e. The van der Waals surface area contributed by atoms with Gasteiger partial charge in [0.25, 0.3) is 0 Å². The maximum Gasteiger partial charge on any atom is 0.240 e. The predicted molar refractivity (Wildman–Crippen MR) is 142 cm³/mol. The Morgan fingerprint density at radius 3 is 2.39 bits per heavy atom. The van der Waals surface area contributed by atoms with Crippen molar-refractivity contribution in [2.24, 2.45) is 4.99 Å². The minimum absolute atomic E-state index is 0.0909. The number of sulfonamides is 1. The summed E-state index contributed by atoms with van der Waals surface area (Å²) in [6.07, 6.45) is 4.19. The number of hydrogen-bond donors (Lipinski definition) is 1. The van der Waals surface area contributed by atoms with Gasteiger partial charge in [-0.05, 0) is 78.9 Å². The van der Waals surface area contributed by atoms with Crippen LogP contribution in [-0.2, 0) is 21.9 Å². The molecule has 0 unspecified atom stereocenters.